The lowest BCUT2D eigenvalue weighted by Gasteiger charge is -2.02. The third-order valence-electron chi connectivity index (χ3n) is 3.44. The van der Waals surface area contributed by atoms with Crippen molar-refractivity contribution in [3.63, 3.8) is 0 Å². The molecule has 2 aromatic heterocycles. The van der Waals surface area contributed by atoms with Gasteiger partial charge in [-0.25, -0.2) is 4.98 Å². The molecule has 0 amide bonds. The highest BCUT2D eigenvalue weighted by Crippen LogP contribution is 2.32. The summed E-state index contributed by atoms with van der Waals surface area (Å²) in [5.41, 5.74) is 3.56. The third-order valence-corrected chi connectivity index (χ3v) is 3.69. The molecule has 4 rings (SSSR count). The average molecular weight is 296 g/mol. The van der Waals surface area contributed by atoms with Gasteiger partial charge in [0.25, 0.3) is 0 Å². The van der Waals surface area contributed by atoms with Gasteiger partial charge in [-0.3, -0.25) is 9.38 Å². The van der Waals surface area contributed by atoms with Crippen molar-refractivity contribution in [2.24, 2.45) is 0 Å². The van der Waals surface area contributed by atoms with Crippen molar-refractivity contribution in [1.82, 2.24) is 14.4 Å². The fourth-order valence-electron chi connectivity index (χ4n) is 2.44. The van der Waals surface area contributed by atoms with Gasteiger partial charge in [0.15, 0.2) is 5.65 Å². The van der Waals surface area contributed by atoms with Gasteiger partial charge in [0.1, 0.15) is 5.69 Å². The molecule has 5 heteroatoms. The van der Waals surface area contributed by atoms with Crippen molar-refractivity contribution in [2.45, 2.75) is 0 Å². The third kappa shape index (κ3) is 1.84. The van der Waals surface area contributed by atoms with Gasteiger partial charge in [0.05, 0.1) is 17.2 Å². The van der Waals surface area contributed by atoms with Gasteiger partial charge < -0.3 is 5.11 Å². The van der Waals surface area contributed by atoms with E-state index in [1.807, 2.05) is 36.4 Å². The maximum atomic E-state index is 10.5. The molecule has 21 heavy (non-hydrogen) atoms. The minimum absolute atomic E-state index is 0.103. The molecule has 0 bridgehead atoms. The number of aromatic nitrogens is 3. The zero-order valence-corrected chi connectivity index (χ0v) is 11.6. The summed E-state index contributed by atoms with van der Waals surface area (Å²) < 4.78 is 1.70. The standard InChI is InChI=1S/C16H10ClN3O/c17-11-7-5-10(6-8-11)15-16(21)20-13-4-2-1-3-12(13)18-9-14(20)19-15/h1-9,21H. The maximum absolute atomic E-state index is 10.5. The highest BCUT2D eigenvalue weighted by atomic mass is 35.5. The van der Waals surface area contributed by atoms with Gasteiger partial charge >= 0.3 is 0 Å². The number of nitrogens with zero attached hydrogens (tertiary/aromatic N) is 3. The van der Waals surface area contributed by atoms with Crippen LogP contribution in [0.3, 0.4) is 0 Å². The number of aromatic hydroxyl groups is 1. The van der Waals surface area contributed by atoms with Crippen LogP contribution in [0.25, 0.3) is 27.9 Å². The molecule has 0 spiro atoms. The minimum Gasteiger partial charge on any atom is -0.493 e. The fraction of sp³-hybridized carbons (Fsp3) is 0. The van der Waals surface area contributed by atoms with Crippen LogP contribution in [0.4, 0.5) is 0 Å². The quantitative estimate of drug-likeness (QED) is 0.579. The molecule has 0 unspecified atom stereocenters. The molecule has 102 valence electrons. The molecule has 4 aromatic rings. The molecule has 0 aliphatic heterocycles. The molecule has 0 fully saturated rings. The predicted molar refractivity (Wildman–Crippen MR) is 82.6 cm³/mol. The van der Waals surface area contributed by atoms with Crippen molar-refractivity contribution in [1.29, 1.82) is 0 Å². The molecule has 2 heterocycles. The molecule has 0 aliphatic carbocycles. The molecule has 0 radical (unpaired) electrons. The van der Waals surface area contributed by atoms with E-state index in [2.05, 4.69) is 9.97 Å². The Morgan fingerprint density at radius 3 is 2.57 bits per heavy atom. The molecule has 0 saturated carbocycles. The van der Waals surface area contributed by atoms with E-state index in [1.165, 1.54) is 0 Å². The summed E-state index contributed by atoms with van der Waals surface area (Å²) in [7, 11) is 0. The number of hydrogen-bond donors (Lipinski definition) is 1. The van der Waals surface area contributed by atoms with E-state index >= 15 is 0 Å². The van der Waals surface area contributed by atoms with Crippen LogP contribution < -0.4 is 0 Å². The largest absolute Gasteiger partial charge is 0.493 e. The van der Waals surface area contributed by atoms with Gasteiger partial charge in [-0.2, -0.15) is 0 Å². The highest BCUT2D eigenvalue weighted by molar-refractivity contribution is 6.30. The smallest absolute Gasteiger partial charge is 0.224 e. The summed E-state index contributed by atoms with van der Waals surface area (Å²) in [5, 5.41) is 11.2. The molecule has 4 nitrogen and oxygen atoms in total. The monoisotopic (exact) mass is 295 g/mol. The molecule has 0 atom stereocenters. The lowest BCUT2D eigenvalue weighted by atomic mass is 10.2. The summed E-state index contributed by atoms with van der Waals surface area (Å²) in [6, 6.07) is 14.8. The molecule has 0 saturated heterocycles. The average Bonchev–Trinajstić information content (AvgIpc) is 2.86. The highest BCUT2D eigenvalue weighted by Gasteiger charge is 2.15. The van der Waals surface area contributed by atoms with Crippen LogP contribution in [-0.2, 0) is 0 Å². The Balaban J connectivity index is 2.06. The number of rotatable bonds is 1. The van der Waals surface area contributed by atoms with Crippen molar-refractivity contribution < 1.29 is 5.11 Å². The predicted octanol–water partition coefficient (Wildman–Crippen LogP) is 3.91. The van der Waals surface area contributed by atoms with Crippen LogP contribution in [-0.4, -0.2) is 19.5 Å². The fourth-order valence-corrected chi connectivity index (χ4v) is 2.57. The molecule has 0 aliphatic rings. The minimum atomic E-state index is 0.103. The van der Waals surface area contributed by atoms with Crippen LogP contribution in [0, 0.1) is 0 Å². The van der Waals surface area contributed by atoms with Gasteiger partial charge in [0, 0.05) is 10.6 Å². The summed E-state index contributed by atoms with van der Waals surface area (Å²) in [6.07, 6.45) is 1.65. The maximum Gasteiger partial charge on any atom is 0.224 e. The van der Waals surface area contributed by atoms with Gasteiger partial charge in [0.2, 0.25) is 5.88 Å². The van der Waals surface area contributed by atoms with E-state index < -0.39 is 0 Å². The zero-order chi connectivity index (χ0) is 14.4. The normalized spacial score (nSPS) is 11.3. The Kier molecular flexibility index (Phi) is 2.59. The Hall–Kier alpha value is -2.59. The summed E-state index contributed by atoms with van der Waals surface area (Å²) >= 11 is 5.90. The second-order valence-electron chi connectivity index (χ2n) is 4.73. The Labute approximate surface area is 125 Å². The summed E-state index contributed by atoms with van der Waals surface area (Å²) in [5.74, 6) is 0.103. The topological polar surface area (TPSA) is 50.4 Å². The summed E-state index contributed by atoms with van der Waals surface area (Å²) in [6.45, 7) is 0. The number of hydrogen-bond acceptors (Lipinski definition) is 3. The van der Waals surface area contributed by atoms with E-state index in [0.717, 1.165) is 16.6 Å². The molecular formula is C16H10ClN3O. The molecule has 2 aromatic carbocycles. The van der Waals surface area contributed by atoms with Crippen LogP contribution in [0.15, 0.2) is 54.7 Å². The second-order valence-corrected chi connectivity index (χ2v) is 5.17. The van der Waals surface area contributed by atoms with Crippen LogP contribution in [0.1, 0.15) is 0 Å². The van der Waals surface area contributed by atoms with Crippen LogP contribution in [0.2, 0.25) is 5.02 Å². The molecular weight excluding hydrogens is 286 g/mol. The van der Waals surface area contributed by atoms with E-state index in [1.54, 1.807) is 22.7 Å². The Morgan fingerprint density at radius 2 is 1.76 bits per heavy atom. The van der Waals surface area contributed by atoms with Crippen molar-refractivity contribution in [2.75, 3.05) is 0 Å². The summed E-state index contributed by atoms with van der Waals surface area (Å²) in [4.78, 5) is 8.83. The van der Waals surface area contributed by atoms with E-state index in [9.17, 15) is 5.11 Å². The number of imidazole rings is 1. The first-order chi connectivity index (χ1) is 10.2. The second kappa shape index (κ2) is 4.46. The Morgan fingerprint density at radius 1 is 1.00 bits per heavy atom. The van der Waals surface area contributed by atoms with Crippen molar-refractivity contribution in [3.05, 3.63) is 59.8 Å². The number of para-hydroxylation sites is 2. The SMILES string of the molecule is Oc1c(-c2ccc(Cl)cc2)nc2cnc3ccccc3n12. The van der Waals surface area contributed by atoms with Gasteiger partial charge in [-0.05, 0) is 24.3 Å². The zero-order valence-electron chi connectivity index (χ0n) is 10.9. The van der Waals surface area contributed by atoms with Crippen LogP contribution >= 0.6 is 11.6 Å². The first kappa shape index (κ1) is 12.2. The van der Waals surface area contributed by atoms with Crippen molar-refractivity contribution in [3.8, 4) is 17.1 Å². The lowest BCUT2D eigenvalue weighted by molar-refractivity contribution is 0.453. The molecule has 1 N–H and O–H groups in total. The van der Waals surface area contributed by atoms with E-state index in [-0.39, 0.29) is 5.88 Å². The van der Waals surface area contributed by atoms with E-state index in [4.69, 9.17) is 11.6 Å². The van der Waals surface area contributed by atoms with Crippen molar-refractivity contribution >= 4 is 28.3 Å². The van der Waals surface area contributed by atoms with Gasteiger partial charge in [-0.15, -0.1) is 0 Å². The first-order valence-corrected chi connectivity index (χ1v) is 6.83. The van der Waals surface area contributed by atoms with E-state index in [0.29, 0.717) is 16.4 Å². The number of halogens is 1. The number of fused-ring (bicyclic) bond motifs is 3. The van der Waals surface area contributed by atoms with Gasteiger partial charge in [-0.1, -0.05) is 35.9 Å². The Bertz CT molecular complexity index is 961. The lowest BCUT2D eigenvalue weighted by Crippen LogP contribution is -1.89. The number of benzene rings is 2. The first-order valence-electron chi connectivity index (χ1n) is 6.45. The van der Waals surface area contributed by atoms with Crippen LogP contribution in [0.5, 0.6) is 5.88 Å².